The molecule has 0 aliphatic heterocycles. The SMILES string of the molecule is Cc1cc(COc2ccccc2C)ccc1Br. The van der Waals surface area contributed by atoms with Gasteiger partial charge in [0, 0.05) is 4.47 Å². The fourth-order valence-electron chi connectivity index (χ4n) is 1.68. The van der Waals surface area contributed by atoms with Crippen LogP contribution in [0.3, 0.4) is 0 Å². The average Bonchev–Trinajstić information content (AvgIpc) is 2.32. The molecule has 0 atom stereocenters. The average molecular weight is 291 g/mol. The zero-order valence-corrected chi connectivity index (χ0v) is 11.6. The molecule has 2 rings (SSSR count). The molecule has 0 aliphatic carbocycles. The second-order valence-electron chi connectivity index (χ2n) is 4.14. The maximum Gasteiger partial charge on any atom is 0.122 e. The number of hydrogen-bond acceptors (Lipinski definition) is 1. The van der Waals surface area contributed by atoms with Crippen LogP contribution in [0.1, 0.15) is 16.7 Å². The van der Waals surface area contributed by atoms with E-state index >= 15 is 0 Å². The van der Waals surface area contributed by atoms with Crippen LogP contribution < -0.4 is 4.74 Å². The van der Waals surface area contributed by atoms with Crippen molar-refractivity contribution in [3.8, 4) is 5.75 Å². The van der Waals surface area contributed by atoms with Gasteiger partial charge in [0.05, 0.1) is 0 Å². The third-order valence-electron chi connectivity index (χ3n) is 2.71. The number of benzene rings is 2. The predicted molar refractivity (Wildman–Crippen MR) is 74.4 cm³/mol. The molecule has 0 aliphatic rings. The fraction of sp³-hybridized carbons (Fsp3) is 0.200. The standard InChI is InChI=1S/C15H15BrO/c1-11-5-3-4-6-15(11)17-10-13-7-8-14(16)12(2)9-13/h3-9H,10H2,1-2H3. The largest absolute Gasteiger partial charge is 0.489 e. The summed E-state index contributed by atoms with van der Waals surface area (Å²) in [6.07, 6.45) is 0. The van der Waals surface area contributed by atoms with Crippen molar-refractivity contribution in [3.05, 3.63) is 63.6 Å². The van der Waals surface area contributed by atoms with E-state index in [4.69, 9.17) is 4.74 Å². The van der Waals surface area contributed by atoms with Crippen molar-refractivity contribution in [1.29, 1.82) is 0 Å². The van der Waals surface area contributed by atoms with Crippen molar-refractivity contribution in [2.75, 3.05) is 0 Å². The second kappa shape index (κ2) is 5.37. The zero-order chi connectivity index (χ0) is 12.3. The van der Waals surface area contributed by atoms with Gasteiger partial charge in [-0.2, -0.15) is 0 Å². The molecule has 2 heteroatoms. The second-order valence-corrected chi connectivity index (χ2v) is 4.99. The van der Waals surface area contributed by atoms with Gasteiger partial charge < -0.3 is 4.74 Å². The Labute approximate surface area is 111 Å². The first-order chi connectivity index (χ1) is 8.16. The van der Waals surface area contributed by atoms with Crippen molar-refractivity contribution < 1.29 is 4.74 Å². The van der Waals surface area contributed by atoms with Gasteiger partial charge in [-0.1, -0.05) is 46.3 Å². The van der Waals surface area contributed by atoms with Crippen molar-refractivity contribution in [3.63, 3.8) is 0 Å². The number of rotatable bonds is 3. The topological polar surface area (TPSA) is 9.23 Å². The van der Waals surface area contributed by atoms with Gasteiger partial charge in [0.25, 0.3) is 0 Å². The molecule has 0 saturated carbocycles. The van der Waals surface area contributed by atoms with E-state index in [2.05, 4.69) is 54.0 Å². The Bertz CT molecular complexity index is 520. The van der Waals surface area contributed by atoms with Gasteiger partial charge in [-0.15, -0.1) is 0 Å². The lowest BCUT2D eigenvalue weighted by Crippen LogP contribution is -1.97. The summed E-state index contributed by atoms with van der Waals surface area (Å²) in [5, 5.41) is 0. The molecule has 2 aromatic carbocycles. The molecule has 0 spiro atoms. The van der Waals surface area contributed by atoms with Gasteiger partial charge in [-0.3, -0.25) is 0 Å². The minimum Gasteiger partial charge on any atom is -0.489 e. The molecule has 2 aromatic rings. The molecular weight excluding hydrogens is 276 g/mol. The van der Waals surface area contributed by atoms with E-state index in [0.29, 0.717) is 6.61 Å². The molecular formula is C15H15BrO. The summed E-state index contributed by atoms with van der Waals surface area (Å²) in [7, 11) is 0. The number of aryl methyl sites for hydroxylation is 2. The van der Waals surface area contributed by atoms with Gasteiger partial charge in [0.15, 0.2) is 0 Å². The van der Waals surface area contributed by atoms with Gasteiger partial charge in [-0.05, 0) is 42.7 Å². The quantitative estimate of drug-likeness (QED) is 0.800. The Balaban J connectivity index is 2.08. The van der Waals surface area contributed by atoms with Gasteiger partial charge >= 0.3 is 0 Å². The highest BCUT2D eigenvalue weighted by Gasteiger charge is 2.00. The van der Waals surface area contributed by atoms with E-state index in [9.17, 15) is 0 Å². The Morgan fingerprint density at radius 2 is 1.76 bits per heavy atom. The molecule has 0 heterocycles. The molecule has 17 heavy (non-hydrogen) atoms. The molecule has 1 nitrogen and oxygen atoms in total. The summed E-state index contributed by atoms with van der Waals surface area (Å²) < 4.78 is 6.94. The number of para-hydroxylation sites is 1. The highest BCUT2D eigenvalue weighted by molar-refractivity contribution is 9.10. The molecule has 0 N–H and O–H groups in total. The van der Waals surface area contributed by atoms with Crippen LogP contribution in [0.25, 0.3) is 0 Å². The molecule has 0 amide bonds. The lowest BCUT2D eigenvalue weighted by atomic mass is 10.1. The summed E-state index contributed by atoms with van der Waals surface area (Å²) in [6, 6.07) is 14.4. The van der Waals surface area contributed by atoms with Crippen LogP contribution in [0.5, 0.6) is 5.75 Å². The summed E-state index contributed by atoms with van der Waals surface area (Å²) in [6.45, 7) is 4.75. The van der Waals surface area contributed by atoms with E-state index in [1.807, 2.05) is 18.2 Å². The van der Waals surface area contributed by atoms with E-state index in [1.165, 1.54) is 16.7 Å². The van der Waals surface area contributed by atoms with E-state index < -0.39 is 0 Å². The molecule has 0 radical (unpaired) electrons. The van der Waals surface area contributed by atoms with Crippen LogP contribution in [-0.2, 0) is 6.61 Å². The highest BCUT2D eigenvalue weighted by atomic mass is 79.9. The number of halogens is 1. The molecule has 0 fully saturated rings. The Morgan fingerprint density at radius 1 is 1.00 bits per heavy atom. The van der Waals surface area contributed by atoms with Crippen molar-refractivity contribution in [1.82, 2.24) is 0 Å². The van der Waals surface area contributed by atoms with Gasteiger partial charge in [0.2, 0.25) is 0 Å². The number of ether oxygens (including phenoxy) is 1. The van der Waals surface area contributed by atoms with Crippen LogP contribution in [0, 0.1) is 13.8 Å². The normalized spacial score (nSPS) is 10.3. The molecule has 0 aromatic heterocycles. The molecule has 0 saturated heterocycles. The Morgan fingerprint density at radius 3 is 2.47 bits per heavy atom. The van der Waals surface area contributed by atoms with E-state index in [1.54, 1.807) is 0 Å². The zero-order valence-electron chi connectivity index (χ0n) is 10.0. The Hall–Kier alpha value is -1.28. The molecule has 0 unspecified atom stereocenters. The molecule has 0 bridgehead atoms. The molecule has 88 valence electrons. The van der Waals surface area contributed by atoms with Crippen LogP contribution in [0.15, 0.2) is 46.9 Å². The smallest absolute Gasteiger partial charge is 0.122 e. The van der Waals surface area contributed by atoms with Crippen molar-refractivity contribution >= 4 is 15.9 Å². The predicted octanol–water partition coefficient (Wildman–Crippen LogP) is 4.64. The van der Waals surface area contributed by atoms with Crippen LogP contribution in [0.2, 0.25) is 0 Å². The minimum atomic E-state index is 0.610. The third kappa shape index (κ3) is 3.10. The monoisotopic (exact) mass is 290 g/mol. The number of hydrogen-bond donors (Lipinski definition) is 0. The van der Waals surface area contributed by atoms with Gasteiger partial charge in [-0.25, -0.2) is 0 Å². The van der Waals surface area contributed by atoms with E-state index in [-0.39, 0.29) is 0 Å². The van der Waals surface area contributed by atoms with Crippen LogP contribution in [0.4, 0.5) is 0 Å². The summed E-state index contributed by atoms with van der Waals surface area (Å²) in [4.78, 5) is 0. The van der Waals surface area contributed by atoms with Crippen molar-refractivity contribution in [2.24, 2.45) is 0 Å². The van der Waals surface area contributed by atoms with Crippen molar-refractivity contribution in [2.45, 2.75) is 20.5 Å². The first kappa shape index (κ1) is 12.2. The third-order valence-corrected chi connectivity index (χ3v) is 3.60. The summed E-state index contributed by atoms with van der Waals surface area (Å²) in [5.74, 6) is 0.952. The van der Waals surface area contributed by atoms with Gasteiger partial charge in [0.1, 0.15) is 12.4 Å². The Kier molecular flexibility index (Phi) is 3.85. The van der Waals surface area contributed by atoms with E-state index in [0.717, 1.165) is 10.2 Å². The first-order valence-electron chi connectivity index (χ1n) is 5.60. The lowest BCUT2D eigenvalue weighted by molar-refractivity contribution is 0.304. The van der Waals surface area contributed by atoms with Crippen LogP contribution in [-0.4, -0.2) is 0 Å². The first-order valence-corrected chi connectivity index (χ1v) is 6.39. The van der Waals surface area contributed by atoms with Crippen LogP contribution >= 0.6 is 15.9 Å². The highest BCUT2D eigenvalue weighted by Crippen LogP contribution is 2.20. The maximum absolute atomic E-state index is 5.80. The minimum absolute atomic E-state index is 0.610. The summed E-state index contributed by atoms with van der Waals surface area (Å²) in [5.41, 5.74) is 3.59. The lowest BCUT2D eigenvalue weighted by Gasteiger charge is -2.09. The fourth-order valence-corrected chi connectivity index (χ4v) is 1.92. The summed E-state index contributed by atoms with van der Waals surface area (Å²) >= 11 is 3.50. The maximum atomic E-state index is 5.80.